The summed E-state index contributed by atoms with van der Waals surface area (Å²) in [7, 11) is 1.61. The van der Waals surface area contributed by atoms with E-state index in [0.29, 0.717) is 47.9 Å². The Morgan fingerprint density at radius 1 is 0.714 bits per heavy atom. The molecule has 0 aromatic heterocycles. The van der Waals surface area contributed by atoms with Gasteiger partial charge in [0.2, 0.25) is 0 Å². The summed E-state index contributed by atoms with van der Waals surface area (Å²) < 4.78 is 5.39. The fraction of sp³-hybridized carbons (Fsp3) is 0.206. The van der Waals surface area contributed by atoms with Crippen molar-refractivity contribution in [2.75, 3.05) is 43.9 Å². The molecule has 0 atom stereocenters. The molecule has 1 heterocycles. The van der Waals surface area contributed by atoms with E-state index in [1.54, 1.807) is 31.4 Å². The van der Waals surface area contributed by atoms with Crippen molar-refractivity contribution < 1.29 is 19.1 Å². The lowest BCUT2D eigenvalue weighted by atomic mass is 10.0. The molecule has 214 valence electrons. The van der Waals surface area contributed by atoms with Crippen LogP contribution in [0, 0.1) is 0 Å². The number of piperazine rings is 1. The van der Waals surface area contributed by atoms with Gasteiger partial charge >= 0.3 is 6.03 Å². The number of rotatable bonds is 9. The molecule has 1 fully saturated rings. The quantitative estimate of drug-likeness (QED) is 0.255. The first-order valence-electron chi connectivity index (χ1n) is 14.0. The van der Waals surface area contributed by atoms with Crippen LogP contribution >= 0.6 is 0 Å². The smallest absolute Gasteiger partial charge is 0.323 e. The molecule has 2 N–H and O–H groups in total. The first kappa shape index (κ1) is 28.6. The van der Waals surface area contributed by atoms with Crippen LogP contribution in [0.4, 0.5) is 16.2 Å². The van der Waals surface area contributed by atoms with Crippen molar-refractivity contribution in [3.05, 3.63) is 125 Å². The zero-order valence-corrected chi connectivity index (χ0v) is 23.6. The van der Waals surface area contributed by atoms with Crippen LogP contribution in [0.2, 0.25) is 0 Å². The summed E-state index contributed by atoms with van der Waals surface area (Å²) in [5.41, 5.74) is 4.51. The summed E-state index contributed by atoms with van der Waals surface area (Å²) in [6, 6.07) is 31.2. The zero-order chi connectivity index (χ0) is 29.3. The van der Waals surface area contributed by atoms with Gasteiger partial charge in [0.05, 0.1) is 7.11 Å². The second-order valence-electron chi connectivity index (χ2n) is 10.2. The van der Waals surface area contributed by atoms with Gasteiger partial charge in [-0.3, -0.25) is 14.5 Å². The summed E-state index contributed by atoms with van der Waals surface area (Å²) in [5, 5.41) is 5.56. The van der Waals surface area contributed by atoms with Gasteiger partial charge in [-0.25, -0.2) is 4.79 Å². The molecule has 42 heavy (non-hydrogen) atoms. The highest BCUT2D eigenvalue weighted by atomic mass is 16.5. The molecule has 8 heteroatoms. The highest BCUT2D eigenvalue weighted by Gasteiger charge is 2.22. The summed E-state index contributed by atoms with van der Waals surface area (Å²) in [6.07, 6.45) is 0.284. The van der Waals surface area contributed by atoms with Gasteiger partial charge in [-0.05, 0) is 54.1 Å². The Bertz CT molecular complexity index is 1530. The first-order chi connectivity index (χ1) is 20.5. The van der Waals surface area contributed by atoms with Crippen LogP contribution in [0.3, 0.4) is 0 Å². The van der Waals surface area contributed by atoms with E-state index in [0.717, 1.165) is 24.2 Å². The number of hydrogen-bond donors (Lipinski definition) is 2. The Balaban J connectivity index is 1.10. The van der Waals surface area contributed by atoms with Crippen molar-refractivity contribution in [1.29, 1.82) is 0 Å². The van der Waals surface area contributed by atoms with Gasteiger partial charge in [0.15, 0.2) is 5.78 Å². The number of para-hydroxylation sites is 2. The number of ether oxygens (including phenoxy) is 1. The molecule has 0 unspecified atom stereocenters. The second kappa shape index (κ2) is 13.6. The number of urea groups is 1. The maximum absolute atomic E-state index is 13.1. The number of ketones is 1. The molecule has 0 saturated carbocycles. The van der Waals surface area contributed by atoms with Crippen LogP contribution in [0.5, 0.6) is 5.75 Å². The zero-order valence-electron chi connectivity index (χ0n) is 23.6. The minimum atomic E-state index is -0.345. The van der Waals surface area contributed by atoms with Gasteiger partial charge in [-0.15, -0.1) is 0 Å². The number of anilines is 2. The third-order valence-corrected chi connectivity index (χ3v) is 7.28. The Morgan fingerprint density at radius 2 is 1.38 bits per heavy atom. The van der Waals surface area contributed by atoms with E-state index in [1.807, 2.05) is 83.8 Å². The largest absolute Gasteiger partial charge is 0.496 e. The molecule has 0 bridgehead atoms. The van der Waals surface area contributed by atoms with E-state index in [-0.39, 0.29) is 24.1 Å². The van der Waals surface area contributed by atoms with E-state index in [4.69, 9.17) is 4.74 Å². The van der Waals surface area contributed by atoms with E-state index in [1.165, 1.54) is 0 Å². The Morgan fingerprint density at radius 3 is 2.10 bits per heavy atom. The molecular formula is C34H34N4O4. The van der Waals surface area contributed by atoms with Crippen molar-refractivity contribution in [3.8, 4) is 5.75 Å². The predicted octanol–water partition coefficient (Wildman–Crippen LogP) is 5.72. The Labute approximate surface area is 245 Å². The normalized spacial score (nSPS) is 13.3. The number of Topliss-reactive ketones (excluding diaryl/α,β-unsaturated/α-hetero) is 1. The fourth-order valence-electron chi connectivity index (χ4n) is 5.03. The number of carbonyl (C=O) groups is 3. The number of carbonyl (C=O) groups excluding carboxylic acids is 3. The molecule has 4 aromatic rings. The lowest BCUT2D eigenvalue weighted by molar-refractivity contribution is 0.0628. The average molecular weight is 563 g/mol. The van der Waals surface area contributed by atoms with E-state index >= 15 is 0 Å². The van der Waals surface area contributed by atoms with E-state index in [9.17, 15) is 14.4 Å². The first-order valence-corrected chi connectivity index (χ1v) is 14.0. The van der Waals surface area contributed by atoms with Crippen LogP contribution in [-0.4, -0.2) is 60.8 Å². The predicted molar refractivity (Wildman–Crippen MR) is 164 cm³/mol. The van der Waals surface area contributed by atoms with E-state index in [2.05, 4.69) is 15.5 Å². The van der Waals surface area contributed by atoms with Gasteiger partial charge in [0, 0.05) is 67.2 Å². The number of hydrogen-bond acceptors (Lipinski definition) is 5. The maximum Gasteiger partial charge on any atom is 0.323 e. The minimum absolute atomic E-state index is 0.0288. The summed E-state index contributed by atoms with van der Waals surface area (Å²) in [6.45, 7) is 3.42. The monoisotopic (exact) mass is 562 g/mol. The molecule has 8 nitrogen and oxygen atoms in total. The molecule has 0 spiro atoms. The third-order valence-electron chi connectivity index (χ3n) is 7.28. The molecule has 4 aromatic carbocycles. The van der Waals surface area contributed by atoms with Crippen LogP contribution < -0.4 is 15.4 Å². The minimum Gasteiger partial charge on any atom is -0.496 e. The van der Waals surface area contributed by atoms with Crippen molar-refractivity contribution in [1.82, 2.24) is 9.80 Å². The van der Waals surface area contributed by atoms with Crippen LogP contribution in [-0.2, 0) is 13.0 Å². The van der Waals surface area contributed by atoms with Gasteiger partial charge in [-0.1, -0.05) is 54.6 Å². The van der Waals surface area contributed by atoms with Crippen molar-refractivity contribution in [2.45, 2.75) is 13.0 Å². The summed E-state index contributed by atoms with van der Waals surface area (Å²) in [5.74, 6) is 0.738. The molecule has 3 amide bonds. The third kappa shape index (κ3) is 7.41. The fourth-order valence-corrected chi connectivity index (χ4v) is 5.03. The van der Waals surface area contributed by atoms with E-state index < -0.39 is 0 Å². The molecule has 1 aliphatic heterocycles. The number of amides is 3. The van der Waals surface area contributed by atoms with Crippen molar-refractivity contribution in [2.24, 2.45) is 0 Å². The SMILES string of the molecule is COc1ccccc1CC(=O)c1cccc(CN2CCN(C(=O)c3ccc(NC(=O)Nc4ccccc4)cc3)CC2)c1. The highest BCUT2D eigenvalue weighted by molar-refractivity contribution is 6.00. The molecule has 5 rings (SSSR count). The number of nitrogens with zero attached hydrogens (tertiary/aromatic N) is 2. The second-order valence-corrected chi connectivity index (χ2v) is 10.2. The summed E-state index contributed by atoms with van der Waals surface area (Å²) in [4.78, 5) is 42.5. The lowest BCUT2D eigenvalue weighted by Gasteiger charge is -2.35. The van der Waals surface area contributed by atoms with Crippen LogP contribution in [0.15, 0.2) is 103 Å². The van der Waals surface area contributed by atoms with Crippen molar-refractivity contribution >= 4 is 29.1 Å². The number of nitrogens with one attached hydrogen (secondary N) is 2. The van der Waals surface area contributed by atoms with Crippen LogP contribution in [0.1, 0.15) is 31.8 Å². The van der Waals surface area contributed by atoms with Gasteiger partial charge in [-0.2, -0.15) is 0 Å². The number of benzene rings is 4. The molecule has 0 radical (unpaired) electrons. The lowest BCUT2D eigenvalue weighted by Crippen LogP contribution is -2.48. The standard InChI is InChI=1S/C34H34N4O4/c1-42-32-13-6-5-9-28(32)23-31(39)27-10-7-8-25(22-27)24-37-18-20-38(21-19-37)33(40)26-14-16-30(17-15-26)36-34(41)35-29-11-3-2-4-12-29/h2-17,22H,18-21,23-24H2,1H3,(H2,35,36,41). The van der Waals surface area contributed by atoms with Gasteiger partial charge in [0.1, 0.15) is 5.75 Å². The molecule has 0 aliphatic carbocycles. The van der Waals surface area contributed by atoms with Crippen LogP contribution in [0.25, 0.3) is 0 Å². The molecule has 1 saturated heterocycles. The van der Waals surface area contributed by atoms with Gasteiger partial charge in [0.25, 0.3) is 5.91 Å². The highest BCUT2D eigenvalue weighted by Crippen LogP contribution is 2.21. The Kier molecular flexibility index (Phi) is 9.26. The summed E-state index contributed by atoms with van der Waals surface area (Å²) >= 11 is 0. The topological polar surface area (TPSA) is 91.0 Å². The van der Waals surface area contributed by atoms with Crippen molar-refractivity contribution in [3.63, 3.8) is 0 Å². The van der Waals surface area contributed by atoms with Gasteiger partial charge < -0.3 is 20.3 Å². The number of methoxy groups -OCH3 is 1. The average Bonchev–Trinajstić information content (AvgIpc) is 3.02. The molecular weight excluding hydrogens is 528 g/mol. The Hall–Kier alpha value is -4.95. The maximum atomic E-state index is 13.1. The molecule has 1 aliphatic rings.